The van der Waals surface area contributed by atoms with Crippen molar-refractivity contribution in [3.8, 4) is 0 Å². The number of pyridine rings is 1. The lowest BCUT2D eigenvalue weighted by atomic mass is 9.85. The number of carbonyl (C=O) groups excluding carboxylic acids is 1. The van der Waals surface area contributed by atoms with Gasteiger partial charge in [-0.2, -0.15) is 0 Å². The first kappa shape index (κ1) is 21.8. The topological polar surface area (TPSA) is 86.8 Å². The van der Waals surface area contributed by atoms with Crippen molar-refractivity contribution < 1.29 is 4.79 Å². The summed E-state index contributed by atoms with van der Waals surface area (Å²) in [4.78, 5) is 32.3. The zero-order valence-electron chi connectivity index (χ0n) is 20.2. The molecule has 1 amide bonds. The molecule has 7 nitrogen and oxygen atoms in total. The van der Waals surface area contributed by atoms with Gasteiger partial charge in [-0.3, -0.25) is 4.79 Å². The van der Waals surface area contributed by atoms with Crippen LogP contribution in [0.15, 0.2) is 54.9 Å². The Morgan fingerprint density at radius 3 is 2.71 bits per heavy atom. The van der Waals surface area contributed by atoms with Crippen LogP contribution in [0.2, 0.25) is 0 Å². The standard InChI is InChI=1S/C28H30N6O/c1-17-12-26(32-18(2)31-17)33-22-5-3-4-21(16-22)28(35)34-23-6-7-24(34)15-19(14-23)13-20-8-10-29-27-25(20)9-11-30-27/h3-5,8-12,16,19,23-24H,6-7,13-15H2,1-2H3,(H,29,30)(H,31,32,33). The molecule has 3 aromatic heterocycles. The number of H-pyrrole nitrogens is 1. The molecule has 2 aliphatic rings. The van der Waals surface area contributed by atoms with Gasteiger partial charge in [0.05, 0.1) is 0 Å². The fraction of sp³-hybridized carbons (Fsp3) is 0.357. The monoisotopic (exact) mass is 466 g/mol. The van der Waals surface area contributed by atoms with Crippen LogP contribution < -0.4 is 5.32 Å². The van der Waals surface area contributed by atoms with Crippen LogP contribution in [0, 0.1) is 19.8 Å². The molecule has 2 fully saturated rings. The highest BCUT2D eigenvalue weighted by Crippen LogP contribution is 2.41. The molecule has 4 aromatic rings. The van der Waals surface area contributed by atoms with Gasteiger partial charge in [-0.15, -0.1) is 0 Å². The van der Waals surface area contributed by atoms with E-state index in [9.17, 15) is 4.79 Å². The third kappa shape index (κ3) is 4.27. The second kappa shape index (κ2) is 8.80. The summed E-state index contributed by atoms with van der Waals surface area (Å²) in [6, 6.07) is 14.6. The number of hydrogen-bond acceptors (Lipinski definition) is 5. The number of amides is 1. The highest BCUT2D eigenvalue weighted by atomic mass is 16.2. The quantitative estimate of drug-likeness (QED) is 0.415. The Hall–Kier alpha value is -3.74. The van der Waals surface area contributed by atoms with E-state index in [-0.39, 0.29) is 5.91 Å². The van der Waals surface area contributed by atoms with E-state index in [1.165, 1.54) is 10.9 Å². The van der Waals surface area contributed by atoms with Gasteiger partial charge < -0.3 is 15.2 Å². The molecule has 35 heavy (non-hydrogen) atoms. The minimum Gasteiger partial charge on any atom is -0.346 e. The lowest BCUT2D eigenvalue weighted by molar-refractivity contribution is 0.0525. The van der Waals surface area contributed by atoms with E-state index in [0.29, 0.717) is 18.0 Å². The average molecular weight is 467 g/mol. The average Bonchev–Trinajstić information content (AvgIpc) is 3.41. The van der Waals surface area contributed by atoms with E-state index < -0.39 is 0 Å². The molecule has 178 valence electrons. The molecule has 2 N–H and O–H groups in total. The van der Waals surface area contributed by atoms with Crippen molar-refractivity contribution in [3.63, 3.8) is 0 Å². The second-order valence-corrected chi connectivity index (χ2v) is 10.00. The zero-order valence-corrected chi connectivity index (χ0v) is 20.2. The molecule has 0 aliphatic carbocycles. The minimum absolute atomic E-state index is 0.145. The van der Waals surface area contributed by atoms with Crippen molar-refractivity contribution in [3.05, 3.63) is 77.5 Å². The third-order valence-electron chi connectivity index (χ3n) is 7.47. The number of aryl methyl sites for hydroxylation is 2. The van der Waals surface area contributed by atoms with Gasteiger partial charge in [0.15, 0.2) is 0 Å². The van der Waals surface area contributed by atoms with Crippen molar-refractivity contribution in [2.24, 2.45) is 5.92 Å². The van der Waals surface area contributed by atoms with Crippen LogP contribution in [0.25, 0.3) is 11.0 Å². The smallest absolute Gasteiger partial charge is 0.254 e. The number of carbonyl (C=O) groups is 1. The molecule has 5 heterocycles. The number of aromatic amines is 1. The Morgan fingerprint density at radius 2 is 1.91 bits per heavy atom. The van der Waals surface area contributed by atoms with Gasteiger partial charge in [0.25, 0.3) is 5.91 Å². The van der Waals surface area contributed by atoms with E-state index in [2.05, 4.69) is 42.3 Å². The maximum absolute atomic E-state index is 13.6. The Bertz CT molecular complexity index is 1360. The number of aromatic nitrogens is 4. The molecule has 2 atom stereocenters. The van der Waals surface area contributed by atoms with E-state index in [1.54, 1.807) is 0 Å². The van der Waals surface area contributed by atoms with E-state index >= 15 is 0 Å². The maximum Gasteiger partial charge on any atom is 0.254 e. The molecule has 2 saturated heterocycles. The summed E-state index contributed by atoms with van der Waals surface area (Å²) in [5.41, 5.74) is 4.82. The molecule has 0 spiro atoms. The Morgan fingerprint density at radius 1 is 1.09 bits per heavy atom. The molecule has 1 aromatic carbocycles. The van der Waals surface area contributed by atoms with Crippen LogP contribution in [0.1, 0.15) is 53.1 Å². The summed E-state index contributed by atoms with van der Waals surface area (Å²) in [5, 5.41) is 4.56. The van der Waals surface area contributed by atoms with Crippen LogP contribution in [-0.4, -0.2) is 42.8 Å². The largest absolute Gasteiger partial charge is 0.346 e. The van der Waals surface area contributed by atoms with Gasteiger partial charge in [0.2, 0.25) is 0 Å². The van der Waals surface area contributed by atoms with Gasteiger partial charge >= 0.3 is 0 Å². The van der Waals surface area contributed by atoms with E-state index in [0.717, 1.165) is 66.3 Å². The lowest BCUT2D eigenvalue weighted by Gasteiger charge is -2.39. The fourth-order valence-corrected chi connectivity index (χ4v) is 6.10. The number of nitrogens with one attached hydrogen (secondary N) is 2. The maximum atomic E-state index is 13.6. The molecular weight excluding hydrogens is 436 g/mol. The predicted molar refractivity (Wildman–Crippen MR) is 137 cm³/mol. The number of rotatable bonds is 5. The van der Waals surface area contributed by atoms with Crippen molar-refractivity contribution in [2.45, 2.75) is 58.0 Å². The van der Waals surface area contributed by atoms with Crippen molar-refractivity contribution in [1.29, 1.82) is 0 Å². The summed E-state index contributed by atoms with van der Waals surface area (Å²) in [6.45, 7) is 3.84. The third-order valence-corrected chi connectivity index (χ3v) is 7.47. The number of anilines is 2. The first-order chi connectivity index (χ1) is 17.0. The summed E-state index contributed by atoms with van der Waals surface area (Å²) in [6.07, 6.45) is 9.22. The highest BCUT2D eigenvalue weighted by Gasteiger charge is 2.43. The SMILES string of the molecule is Cc1cc(Nc2cccc(C(=O)N3C4CCC3CC(Cc3ccnc5[nH]ccc35)C4)c2)nc(C)n1. The zero-order chi connectivity index (χ0) is 23.9. The van der Waals surface area contributed by atoms with Gasteiger partial charge in [-0.1, -0.05) is 6.07 Å². The first-order valence-corrected chi connectivity index (χ1v) is 12.5. The van der Waals surface area contributed by atoms with Gasteiger partial charge in [-0.25, -0.2) is 15.0 Å². The van der Waals surface area contributed by atoms with Gasteiger partial charge in [-0.05, 0) is 87.8 Å². The summed E-state index contributed by atoms with van der Waals surface area (Å²) < 4.78 is 0. The summed E-state index contributed by atoms with van der Waals surface area (Å²) in [5.74, 6) is 2.21. The number of piperidine rings is 1. The van der Waals surface area contributed by atoms with Crippen LogP contribution >= 0.6 is 0 Å². The summed E-state index contributed by atoms with van der Waals surface area (Å²) in [7, 11) is 0. The number of fused-ring (bicyclic) bond motifs is 3. The van der Waals surface area contributed by atoms with Gasteiger partial charge in [0, 0.05) is 52.9 Å². The number of hydrogen-bond donors (Lipinski definition) is 2. The molecule has 7 heteroatoms. The highest BCUT2D eigenvalue weighted by molar-refractivity contribution is 5.96. The van der Waals surface area contributed by atoms with E-state index in [4.69, 9.17) is 0 Å². The minimum atomic E-state index is 0.145. The lowest BCUT2D eigenvalue weighted by Crippen LogP contribution is -2.46. The van der Waals surface area contributed by atoms with Crippen LogP contribution in [-0.2, 0) is 6.42 Å². The molecule has 2 aliphatic heterocycles. The molecule has 6 rings (SSSR count). The number of benzene rings is 1. The first-order valence-electron chi connectivity index (χ1n) is 12.5. The normalized spacial score (nSPS) is 21.4. The molecular formula is C28H30N6O. The van der Waals surface area contributed by atoms with Crippen LogP contribution in [0.5, 0.6) is 0 Å². The van der Waals surface area contributed by atoms with Crippen LogP contribution in [0.4, 0.5) is 11.5 Å². The predicted octanol–water partition coefficient (Wildman–Crippen LogP) is 5.34. The molecule has 0 radical (unpaired) electrons. The Kier molecular flexibility index (Phi) is 5.47. The molecule has 2 unspecified atom stereocenters. The Labute approximate surface area is 205 Å². The molecule has 0 saturated carbocycles. The van der Waals surface area contributed by atoms with Crippen molar-refractivity contribution in [1.82, 2.24) is 24.8 Å². The number of nitrogens with zero attached hydrogens (tertiary/aromatic N) is 4. The van der Waals surface area contributed by atoms with Crippen LogP contribution in [0.3, 0.4) is 0 Å². The fourth-order valence-electron chi connectivity index (χ4n) is 6.10. The molecule has 2 bridgehead atoms. The van der Waals surface area contributed by atoms with Crippen molar-refractivity contribution >= 4 is 28.4 Å². The second-order valence-electron chi connectivity index (χ2n) is 10.00. The van der Waals surface area contributed by atoms with Crippen molar-refractivity contribution in [2.75, 3.05) is 5.32 Å². The van der Waals surface area contributed by atoms with E-state index in [1.807, 2.05) is 56.6 Å². The van der Waals surface area contributed by atoms with Gasteiger partial charge in [0.1, 0.15) is 17.3 Å². The summed E-state index contributed by atoms with van der Waals surface area (Å²) >= 11 is 0. The Balaban J connectivity index is 1.17.